The molecule has 20 heavy (non-hydrogen) atoms. The molecule has 0 aliphatic carbocycles. The van der Waals surface area contributed by atoms with Gasteiger partial charge in [0, 0.05) is 32.6 Å². The Labute approximate surface area is 121 Å². The van der Waals surface area contributed by atoms with E-state index in [9.17, 15) is 4.79 Å². The van der Waals surface area contributed by atoms with Gasteiger partial charge in [-0.15, -0.1) is 10.2 Å². The highest BCUT2D eigenvalue weighted by Gasteiger charge is 2.13. The van der Waals surface area contributed by atoms with Gasteiger partial charge in [-0.2, -0.15) is 5.10 Å². The number of hydrogen-bond acceptors (Lipinski definition) is 5. The van der Waals surface area contributed by atoms with E-state index in [1.165, 1.54) is 11.8 Å². The van der Waals surface area contributed by atoms with Crippen molar-refractivity contribution in [1.82, 2.24) is 24.5 Å². The van der Waals surface area contributed by atoms with Crippen LogP contribution in [0, 0.1) is 0 Å². The first kappa shape index (κ1) is 14.6. The summed E-state index contributed by atoms with van der Waals surface area (Å²) in [5, 5.41) is 21.9. The molecule has 2 aromatic heterocycles. The highest BCUT2D eigenvalue weighted by atomic mass is 32.2. The summed E-state index contributed by atoms with van der Waals surface area (Å²) < 4.78 is 3.74. The average Bonchev–Trinajstić information content (AvgIpc) is 2.99. The van der Waals surface area contributed by atoms with Crippen LogP contribution in [0.2, 0.25) is 0 Å². The van der Waals surface area contributed by atoms with Gasteiger partial charge in [0.1, 0.15) is 5.82 Å². The first-order valence-electron chi connectivity index (χ1n) is 6.35. The summed E-state index contributed by atoms with van der Waals surface area (Å²) in [6.07, 6.45) is 3.44. The summed E-state index contributed by atoms with van der Waals surface area (Å²) in [7, 11) is 1.88. The number of carboxylic acid groups (broad SMARTS) is 1. The number of aromatic nitrogens is 5. The zero-order valence-corrected chi connectivity index (χ0v) is 12.3. The van der Waals surface area contributed by atoms with Crippen LogP contribution < -0.4 is 0 Å². The number of rotatable bonds is 7. The number of carbonyl (C=O) groups is 1. The molecule has 0 bridgehead atoms. The Bertz CT molecular complexity index is 592. The molecular formula is C12H17N5O2S. The van der Waals surface area contributed by atoms with Gasteiger partial charge >= 0.3 is 5.97 Å². The fourth-order valence-electron chi connectivity index (χ4n) is 1.86. The topological polar surface area (TPSA) is 85.8 Å². The monoisotopic (exact) mass is 295 g/mol. The van der Waals surface area contributed by atoms with E-state index in [0.717, 1.165) is 24.4 Å². The Morgan fingerprint density at radius 1 is 1.45 bits per heavy atom. The van der Waals surface area contributed by atoms with Crippen molar-refractivity contribution < 1.29 is 9.90 Å². The van der Waals surface area contributed by atoms with Crippen molar-refractivity contribution in [3.05, 3.63) is 23.8 Å². The minimum atomic E-state index is -0.854. The molecule has 0 spiro atoms. The predicted octanol–water partition coefficient (Wildman–Crippen LogP) is 0.993. The predicted molar refractivity (Wildman–Crippen MR) is 74.7 cm³/mol. The molecule has 0 amide bonds. The molecule has 2 rings (SSSR count). The van der Waals surface area contributed by atoms with Crippen molar-refractivity contribution in [1.29, 1.82) is 0 Å². The average molecular weight is 295 g/mol. The van der Waals surface area contributed by atoms with Gasteiger partial charge in [0.2, 0.25) is 0 Å². The summed E-state index contributed by atoms with van der Waals surface area (Å²) >= 11 is 1.20. The fourth-order valence-corrected chi connectivity index (χ4v) is 2.56. The van der Waals surface area contributed by atoms with Crippen LogP contribution in [0.1, 0.15) is 18.4 Å². The zero-order chi connectivity index (χ0) is 14.5. The smallest absolute Gasteiger partial charge is 0.313 e. The largest absolute Gasteiger partial charge is 0.481 e. The van der Waals surface area contributed by atoms with Crippen LogP contribution in [0.3, 0.4) is 0 Å². The maximum absolute atomic E-state index is 10.7. The molecule has 108 valence electrons. The third-order valence-electron chi connectivity index (χ3n) is 2.79. The molecule has 8 heteroatoms. The Morgan fingerprint density at radius 3 is 2.85 bits per heavy atom. The molecular weight excluding hydrogens is 278 g/mol. The van der Waals surface area contributed by atoms with Crippen LogP contribution in [-0.2, 0) is 31.2 Å². The van der Waals surface area contributed by atoms with E-state index < -0.39 is 5.97 Å². The minimum Gasteiger partial charge on any atom is -0.481 e. The summed E-state index contributed by atoms with van der Waals surface area (Å²) in [4.78, 5) is 10.7. The maximum Gasteiger partial charge on any atom is 0.313 e. The molecule has 0 radical (unpaired) electrons. The number of thioether (sulfide) groups is 1. The molecule has 1 N–H and O–H groups in total. The zero-order valence-electron chi connectivity index (χ0n) is 11.5. The standard InChI is InChI=1S/C12H17N5O2S/c1-3-10-13-14-12(20-8-11(18)19)17(10)7-5-9-4-6-16(2)15-9/h4,6H,3,5,7-8H2,1-2H3,(H,18,19). The Kier molecular flexibility index (Phi) is 4.78. The second-order valence-corrected chi connectivity index (χ2v) is 5.26. The number of carboxylic acids is 1. The van der Waals surface area contributed by atoms with E-state index in [4.69, 9.17) is 5.11 Å². The van der Waals surface area contributed by atoms with Gasteiger partial charge < -0.3 is 9.67 Å². The molecule has 0 aliphatic heterocycles. The van der Waals surface area contributed by atoms with Crippen LogP contribution >= 0.6 is 11.8 Å². The van der Waals surface area contributed by atoms with E-state index in [-0.39, 0.29) is 5.75 Å². The van der Waals surface area contributed by atoms with E-state index >= 15 is 0 Å². The molecule has 0 atom stereocenters. The molecule has 0 saturated heterocycles. The highest BCUT2D eigenvalue weighted by molar-refractivity contribution is 7.99. The van der Waals surface area contributed by atoms with Crippen LogP contribution in [0.25, 0.3) is 0 Å². The Hall–Kier alpha value is -1.83. The maximum atomic E-state index is 10.7. The lowest BCUT2D eigenvalue weighted by Crippen LogP contribution is -2.09. The van der Waals surface area contributed by atoms with E-state index in [2.05, 4.69) is 15.3 Å². The van der Waals surface area contributed by atoms with Crippen LogP contribution in [0.5, 0.6) is 0 Å². The normalized spacial score (nSPS) is 10.9. The third kappa shape index (κ3) is 3.60. The van der Waals surface area contributed by atoms with Gasteiger partial charge in [0.15, 0.2) is 5.16 Å². The molecule has 7 nitrogen and oxygen atoms in total. The number of hydrogen-bond donors (Lipinski definition) is 1. The van der Waals surface area contributed by atoms with E-state index in [1.807, 2.05) is 30.8 Å². The van der Waals surface area contributed by atoms with Gasteiger partial charge in [0.05, 0.1) is 11.4 Å². The second kappa shape index (κ2) is 6.56. The lowest BCUT2D eigenvalue weighted by molar-refractivity contribution is -0.133. The molecule has 0 saturated carbocycles. The van der Waals surface area contributed by atoms with Gasteiger partial charge in [0.25, 0.3) is 0 Å². The Morgan fingerprint density at radius 2 is 2.25 bits per heavy atom. The molecule has 2 aromatic rings. The van der Waals surface area contributed by atoms with Crippen LogP contribution in [-0.4, -0.2) is 41.4 Å². The lowest BCUT2D eigenvalue weighted by Gasteiger charge is -2.07. The van der Waals surface area contributed by atoms with Crippen molar-refractivity contribution >= 4 is 17.7 Å². The van der Waals surface area contributed by atoms with Crippen molar-refractivity contribution in [2.45, 2.75) is 31.5 Å². The van der Waals surface area contributed by atoms with Crippen molar-refractivity contribution in [2.75, 3.05) is 5.75 Å². The summed E-state index contributed by atoms with van der Waals surface area (Å²) in [6, 6.07) is 1.97. The second-order valence-electron chi connectivity index (χ2n) is 4.32. The molecule has 0 fully saturated rings. The SMILES string of the molecule is CCc1nnc(SCC(=O)O)n1CCc1ccn(C)n1. The lowest BCUT2D eigenvalue weighted by atomic mass is 10.3. The Balaban J connectivity index is 2.07. The summed E-state index contributed by atoms with van der Waals surface area (Å²) in [5.74, 6) is 0.00645. The number of aliphatic carboxylic acids is 1. The van der Waals surface area contributed by atoms with Gasteiger partial charge in [-0.25, -0.2) is 0 Å². The summed E-state index contributed by atoms with van der Waals surface area (Å²) in [5.41, 5.74) is 0.998. The molecule has 0 aliphatic rings. The van der Waals surface area contributed by atoms with Gasteiger partial charge in [-0.05, 0) is 6.07 Å². The first-order chi connectivity index (χ1) is 9.60. The van der Waals surface area contributed by atoms with E-state index in [1.54, 1.807) is 4.68 Å². The number of aryl methyl sites for hydroxylation is 3. The van der Waals surface area contributed by atoms with Crippen molar-refractivity contribution in [3.63, 3.8) is 0 Å². The van der Waals surface area contributed by atoms with Crippen LogP contribution in [0.15, 0.2) is 17.4 Å². The highest BCUT2D eigenvalue weighted by Crippen LogP contribution is 2.17. The first-order valence-corrected chi connectivity index (χ1v) is 7.34. The van der Waals surface area contributed by atoms with Crippen molar-refractivity contribution in [3.8, 4) is 0 Å². The van der Waals surface area contributed by atoms with E-state index in [0.29, 0.717) is 11.7 Å². The quantitative estimate of drug-likeness (QED) is 0.767. The molecule has 0 unspecified atom stereocenters. The summed E-state index contributed by atoms with van der Waals surface area (Å²) in [6.45, 7) is 2.71. The number of nitrogens with zero attached hydrogens (tertiary/aromatic N) is 5. The fraction of sp³-hybridized carbons (Fsp3) is 0.500. The van der Waals surface area contributed by atoms with Crippen LogP contribution in [0.4, 0.5) is 0 Å². The minimum absolute atomic E-state index is 0.00850. The van der Waals surface area contributed by atoms with Gasteiger partial charge in [-0.3, -0.25) is 9.48 Å². The van der Waals surface area contributed by atoms with Crippen molar-refractivity contribution in [2.24, 2.45) is 7.05 Å². The third-order valence-corrected chi connectivity index (χ3v) is 3.75. The molecule has 2 heterocycles. The molecule has 0 aromatic carbocycles. The van der Waals surface area contributed by atoms with Gasteiger partial charge in [-0.1, -0.05) is 18.7 Å².